The van der Waals surface area contributed by atoms with Gasteiger partial charge in [0.2, 0.25) is 0 Å². The van der Waals surface area contributed by atoms with Gasteiger partial charge in [-0.2, -0.15) is 0 Å². The van der Waals surface area contributed by atoms with Gasteiger partial charge in [-0.05, 0) is 0 Å². The van der Waals surface area contributed by atoms with Gasteiger partial charge in [-0.3, -0.25) is 0 Å². The Balaban J connectivity index is 4.29. The molecule has 0 heterocycles. The topological polar surface area (TPSA) is 127 Å². The highest BCUT2D eigenvalue weighted by Gasteiger charge is 2.31. The number of aldehydes is 1. The molecule has 0 aliphatic rings. The first-order valence-electron chi connectivity index (χ1n) is 3.51. The number of nitroso groups, excluding NO2 is 1. The molecule has 0 aliphatic heterocycles. The molecule has 0 radical (unpaired) electrons. The zero-order valence-electron chi connectivity index (χ0n) is 6.65. The van der Waals surface area contributed by atoms with Crippen LogP contribution < -0.4 is 0 Å². The van der Waals surface area contributed by atoms with Gasteiger partial charge in [-0.25, -0.2) is 0 Å². The third-order valence-electron chi connectivity index (χ3n) is 1.54. The molecule has 0 aromatic carbocycles. The van der Waals surface area contributed by atoms with E-state index in [0.717, 1.165) is 0 Å². The maximum absolute atomic E-state index is 10.1. The second-order valence-corrected chi connectivity index (χ2v) is 2.46. The van der Waals surface area contributed by atoms with E-state index < -0.39 is 31.0 Å². The van der Waals surface area contributed by atoms with Crippen LogP contribution in [-0.4, -0.2) is 57.7 Å². The van der Waals surface area contributed by atoms with Gasteiger partial charge in [0.05, 0.1) is 6.61 Å². The predicted octanol–water partition coefficient (Wildman–Crippen LogP) is -2.60. The average molecular weight is 193 g/mol. The minimum atomic E-state index is -1.81. The molecule has 13 heavy (non-hydrogen) atoms. The first kappa shape index (κ1) is 12.1. The molecule has 0 aromatic rings. The van der Waals surface area contributed by atoms with Crippen molar-refractivity contribution in [3.63, 3.8) is 0 Å². The smallest absolute Gasteiger partial charge is 0.175 e. The molecule has 0 saturated heterocycles. The molecule has 0 spiro atoms. The summed E-state index contributed by atoms with van der Waals surface area (Å²) in [6, 6.07) is -1.64. The molecule has 0 bridgehead atoms. The lowest BCUT2D eigenvalue weighted by Crippen LogP contribution is -2.45. The normalized spacial score (nSPS) is 20.0. The molecule has 0 fully saturated rings. The SMILES string of the molecule is O=C[C@H](N=O)[C@@H](O)[C@H](O)[C@H](O)CO. The fraction of sp³-hybridized carbons (Fsp3) is 0.833. The summed E-state index contributed by atoms with van der Waals surface area (Å²) in [4.78, 5) is 20.0. The number of aliphatic hydroxyl groups is 4. The minimum absolute atomic E-state index is 0.0466. The predicted molar refractivity (Wildman–Crippen MR) is 40.8 cm³/mol. The standard InChI is InChI=1S/C6H11NO6/c8-1-3(7-13)5(11)6(12)4(10)2-9/h1,3-6,9-12H,2H2/t3-,4+,5+,6+/m0/s1. The van der Waals surface area contributed by atoms with Crippen LogP contribution in [0.2, 0.25) is 0 Å². The first-order valence-corrected chi connectivity index (χ1v) is 3.51. The van der Waals surface area contributed by atoms with Crippen LogP contribution in [0.25, 0.3) is 0 Å². The summed E-state index contributed by atoms with van der Waals surface area (Å²) < 4.78 is 0. The molecule has 76 valence electrons. The van der Waals surface area contributed by atoms with E-state index in [1.54, 1.807) is 0 Å². The van der Waals surface area contributed by atoms with Crippen LogP contribution in [0.3, 0.4) is 0 Å². The van der Waals surface area contributed by atoms with Gasteiger partial charge in [0, 0.05) is 0 Å². The second kappa shape index (κ2) is 5.70. The Morgan fingerprint density at radius 2 is 1.77 bits per heavy atom. The summed E-state index contributed by atoms with van der Waals surface area (Å²) in [6.07, 6.45) is -5.15. The molecule has 4 N–H and O–H groups in total. The van der Waals surface area contributed by atoms with Crippen LogP contribution in [0.5, 0.6) is 0 Å². The summed E-state index contributed by atoms with van der Waals surface area (Å²) in [5, 5.41) is 37.4. The Morgan fingerprint density at radius 1 is 1.23 bits per heavy atom. The molecule has 0 aliphatic carbocycles. The van der Waals surface area contributed by atoms with Crippen molar-refractivity contribution in [1.82, 2.24) is 0 Å². The highest BCUT2D eigenvalue weighted by molar-refractivity contribution is 5.59. The fourth-order valence-corrected chi connectivity index (χ4v) is 0.705. The maximum atomic E-state index is 10.1. The maximum Gasteiger partial charge on any atom is 0.175 e. The number of carbonyl (C=O) groups is 1. The second-order valence-electron chi connectivity index (χ2n) is 2.46. The average Bonchev–Trinajstić information content (AvgIpc) is 2.17. The van der Waals surface area contributed by atoms with E-state index in [1.807, 2.05) is 0 Å². The van der Waals surface area contributed by atoms with Crippen LogP contribution in [-0.2, 0) is 4.79 Å². The quantitative estimate of drug-likeness (QED) is 0.270. The minimum Gasteiger partial charge on any atom is -0.394 e. The number of hydrogen-bond donors (Lipinski definition) is 4. The highest BCUT2D eigenvalue weighted by atomic mass is 16.4. The van der Waals surface area contributed by atoms with E-state index in [4.69, 9.17) is 20.4 Å². The first-order chi connectivity index (χ1) is 6.08. The molecule has 0 aromatic heterocycles. The van der Waals surface area contributed by atoms with Crippen molar-refractivity contribution in [2.24, 2.45) is 5.18 Å². The fourth-order valence-electron chi connectivity index (χ4n) is 0.705. The van der Waals surface area contributed by atoms with E-state index in [1.165, 1.54) is 0 Å². The lowest BCUT2D eigenvalue weighted by Gasteiger charge is -2.21. The van der Waals surface area contributed by atoms with Crippen molar-refractivity contribution in [2.75, 3.05) is 6.61 Å². The van der Waals surface area contributed by atoms with Crippen LogP contribution >= 0.6 is 0 Å². The summed E-state index contributed by atoms with van der Waals surface area (Å²) in [5.74, 6) is 0. The largest absolute Gasteiger partial charge is 0.394 e. The number of nitrogens with zero attached hydrogens (tertiary/aromatic N) is 1. The summed E-state index contributed by atoms with van der Waals surface area (Å²) in [5.41, 5.74) is 0. The van der Waals surface area contributed by atoms with E-state index in [9.17, 15) is 9.70 Å². The van der Waals surface area contributed by atoms with Crippen molar-refractivity contribution in [3.8, 4) is 0 Å². The van der Waals surface area contributed by atoms with Crippen LogP contribution in [0.4, 0.5) is 0 Å². The third kappa shape index (κ3) is 3.15. The molecule has 0 rings (SSSR count). The number of rotatable bonds is 6. The van der Waals surface area contributed by atoms with Crippen molar-refractivity contribution in [2.45, 2.75) is 24.4 Å². The van der Waals surface area contributed by atoms with Gasteiger partial charge >= 0.3 is 0 Å². The van der Waals surface area contributed by atoms with Gasteiger partial charge < -0.3 is 25.2 Å². The lowest BCUT2D eigenvalue weighted by molar-refractivity contribution is -0.118. The van der Waals surface area contributed by atoms with E-state index in [0.29, 0.717) is 0 Å². The Labute approximate surface area is 73.6 Å². The van der Waals surface area contributed by atoms with Crippen LogP contribution in [0.1, 0.15) is 0 Å². The van der Waals surface area contributed by atoms with Crippen LogP contribution in [0.15, 0.2) is 5.18 Å². The zero-order chi connectivity index (χ0) is 10.4. The molecule has 7 heteroatoms. The van der Waals surface area contributed by atoms with Crippen molar-refractivity contribution >= 4 is 6.29 Å². The van der Waals surface area contributed by atoms with E-state index in [-0.39, 0.29) is 6.29 Å². The molecule has 4 atom stereocenters. The molecule has 0 saturated carbocycles. The summed E-state index contributed by atoms with van der Waals surface area (Å²) in [6.45, 7) is -0.789. The molecule has 0 amide bonds. The highest BCUT2D eigenvalue weighted by Crippen LogP contribution is 2.05. The number of carbonyl (C=O) groups excluding carboxylic acids is 1. The van der Waals surface area contributed by atoms with Gasteiger partial charge in [-0.1, -0.05) is 5.18 Å². The third-order valence-corrected chi connectivity index (χ3v) is 1.54. The van der Waals surface area contributed by atoms with E-state index in [2.05, 4.69) is 5.18 Å². The van der Waals surface area contributed by atoms with E-state index >= 15 is 0 Å². The Bertz CT molecular complexity index is 167. The molecular weight excluding hydrogens is 182 g/mol. The van der Waals surface area contributed by atoms with Crippen molar-refractivity contribution in [1.29, 1.82) is 0 Å². The van der Waals surface area contributed by atoms with Crippen LogP contribution in [0, 0.1) is 4.91 Å². The van der Waals surface area contributed by atoms with Crippen molar-refractivity contribution in [3.05, 3.63) is 4.91 Å². The lowest BCUT2D eigenvalue weighted by atomic mass is 10.0. The Kier molecular flexibility index (Phi) is 5.31. The van der Waals surface area contributed by atoms with Gasteiger partial charge in [0.25, 0.3) is 0 Å². The number of hydrogen-bond acceptors (Lipinski definition) is 7. The van der Waals surface area contributed by atoms with Crippen molar-refractivity contribution < 1.29 is 25.2 Å². The molecule has 0 unspecified atom stereocenters. The molecule has 7 nitrogen and oxygen atoms in total. The summed E-state index contributed by atoms with van der Waals surface area (Å²) in [7, 11) is 0. The van der Waals surface area contributed by atoms with Gasteiger partial charge in [0.1, 0.15) is 18.3 Å². The summed E-state index contributed by atoms with van der Waals surface area (Å²) >= 11 is 0. The Morgan fingerprint density at radius 3 is 2.08 bits per heavy atom. The monoisotopic (exact) mass is 193 g/mol. The van der Waals surface area contributed by atoms with Gasteiger partial charge in [-0.15, -0.1) is 4.91 Å². The molecular formula is C6H11NO6. The zero-order valence-corrected chi connectivity index (χ0v) is 6.65. The van der Waals surface area contributed by atoms with Gasteiger partial charge in [0.15, 0.2) is 12.3 Å². The Hall–Kier alpha value is -0.890. The number of aliphatic hydroxyl groups excluding tert-OH is 4.